The predicted molar refractivity (Wildman–Crippen MR) is 148 cm³/mol. The van der Waals surface area contributed by atoms with E-state index in [0.717, 1.165) is 44.4 Å². The molecule has 0 saturated carbocycles. The highest BCUT2D eigenvalue weighted by molar-refractivity contribution is 7.98. The van der Waals surface area contributed by atoms with E-state index < -0.39 is 11.7 Å². The van der Waals surface area contributed by atoms with E-state index in [2.05, 4.69) is 10.2 Å². The van der Waals surface area contributed by atoms with Gasteiger partial charge in [0.2, 0.25) is 0 Å². The van der Waals surface area contributed by atoms with Gasteiger partial charge >= 0.3 is 6.18 Å². The fourth-order valence-corrected chi connectivity index (χ4v) is 5.94. The van der Waals surface area contributed by atoms with Crippen LogP contribution < -0.4 is 15.0 Å². The molecule has 1 aliphatic rings. The molecule has 1 aromatic heterocycles. The maximum Gasteiger partial charge on any atom is 0.416 e. The van der Waals surface area contributed by atoms with Crippen molar-refractivity contribution in [3.05, 3.63) is 95.1 Å². The Morgan fingerprint density at radius 1 is 1.05 bits per heavy atom. The van der Waals surface area contributed by atoms with Crippen LogP contribution in [0.25, 0.3) is 10.4 Å². The first kappa shape index (κ1) is 26.2. The zero-order chi connectivity index (χ0) is 26.9. The molecule has 5 rings (SSSR count). The van der Waals surface area contributed by atoms with Gasteiger partial charge in [-0.25, -0.2) is 0 Å². The maximum absolute atomic E-state index is 13.0. The van der Waals surface area contributed by atoms with Gasteiger partial charge in [0.25, 0.3) is 5.91 Å². The van der Waals surface area contributed by atoms with E-state index >= 15 is 0 Å². The van der Waals surface area contributed by atoms with Crippen LogP contribution in [0, 0.1) is 6.92 Å². The first-order valence-corrected chi connectivity index (χ1v) is 14.0. The van der Waals surface area contributed by atoms with Crippen LogP contribution >= 0.6 is 23.1 Å². The second-order valence-electron chi connectivity index (χ2n) is 8.89. The lowest BCUT2D eigenvalue weighted by Crippen LogP contribution is -2.28. The molecule has 0 saturated heterocycles. The van der Waals surface area contributed by atoms with E-state index in [1.807, 2.05) is 49.6 Å². The lowest BCUT2D eigenvalue weighted by molar-refractivity contribution is -0.137. The molecule has 0 aliphatic carbocycles. The van der Waals surface area contributed by atoms with Crippen molar-refractivity contribution < 1.29 is 22.7 Å². The molecule has 9 heteroatoms. The number of alkyl halides is 3. The zero-order valence-electron chi connectivity index (χ0n) is 20.8. The fourth-order valence-electron chi connectivity index (χ4n) is 4.31. The highest BCUT2D eigenvalue weighted by Gasteiger charge is 2.30. The molecular formula is C29H25F3N2O2S2. The maximum atomic E-state index is 13.0. The summed E-state index contributed by atoms with van der Waals surface area (Å²) in [4.78, 5) is 17.0. The molecule has 1 amide bonds. The Bertz CT molecular complexity index is 1450. The molecule has 0 bridgehead atoms. The molecule has 4 nitrogen and oxygen atoms in total. The van der Waals surface area contributed by atoms with E-state index in [-0.39, 0.29) is 5.91 Å². The minimum Gasteiger partial charge on any atom is -0.490 e. The Balaban J connectivity index is 1.33. The number of fused-ring (bicyclic) bond motifs is 1. The quantitative estimate of drug-likeness (QED) is 0.246. The summed E-state index contributed by atoms with van der Waals surface area (Å²) in [5, 5.41) is 3.93. The number of carbonyl (C=O) groups excluding carboxylic acids is 1. The molecule has 0 spiro atoms. The van der Waals surface area contributed by atoms with Crippen LogP contribution in [0.3, 0.4) is 0 Å². The van der Waals surface area contributed by atoms with E-state index in [9.17, 15) is 18.0 Å². The number of benzene rings is 3. The lowest BCUT2D eigenvalue weighted by Gasteiger charge is -2.30. The number of nitrogens with one attached hydrogen (secondary N) is 1. The molecule has 4 aromatic rings. The average Bonchev–Trinajstić information content (AvgIpc) is 3.32. The Morgan fingerprint density at radius 2 is 1.79 bits per heavy atom. The van der Waals surface area contributed by atoms with Crippen LogP contribution in [-0.4, -0.2) is 25.3 Å². The van der Waals surface area contributed by atoms with Crippen molar-refractivity contribution in [3.8, 4) is 16.2 Å². The number of anilines is 2. The average molecular weight is 555 g/mol. The number of amides is 1. The molecule has 0 unspecified atom stereocenters. The first-order valence-electron chi connectivity index (χ1n) is 12.0. The minimum atomic E-state index is -4.36. The summed E-state index contributed by atoms with van der Waals surface area (Å²) in [5.74, 6) is 0.439. The highest BCUT2D eigenvalue weighted by Crippen LogP contribution is 2.44. The molecule has 38 heavy (non-hydrogen) atoms. The number of aryl methyl sites for hydroxylation is 1. The van der Waals surface area contributed by atoms with E-state index in [0.29, 0.717) is 31.0 Å². The fraction of sp³-hybridized carbons (Fsp3) is 0.207. The smallest absolute Gasteiger partial charge is 0.416 e. The van der Waals surface area contributed by atoms with Gasteiger partial charge in [0, 0.05) is 21.9 Å². The normalized spacial score (nSPS) is 13.1. The van der Waals surface area contributed by atoms with E-state index in [1.165, 1.54) is 28.4 Å². The largest absolute Gasteiger partial charge is 0.490 e. The third-order valence-corrected chi connectivity index (χ3v) is 8.40. The zero-order valence-corrected chi connectivity index (χ0v) is 22.4. The summed E-state index contributed by atoms with van der Waals surface area (Å²) < 4.78 is 44.8. The van der Waals surface area contributed by atoms with Crippen molar-refractivity contribution in [2.75, 3.05) is 24.3 Å². The van der Waals surface area contributed by atoms with E-state index in [1.54, 1.807) is 23.9 Å². The van der Waals surface area contributed by atoms with Crippen molar-refractivity contribution in [3.63, 3.8) is 0 Å². The second-order valence-corrected chi connectivity index (χ2v) is 10.8. The van der Waals surface area contributed by atoms with Gasteiger partial charge in [-0.05, 0) is 78.4 Å². The number of nitrogens with zero attached hydrogens (tertiary/aromatic N) is 1. The summed E-state index contributed by atoms with van der Waals surface area (Å²) in [5.41, 5.74) is 3.45. The van der Waals surface area contributed by atoms with Crippen LogP contribution in [0.15, 0.2) is 77.7 Å². The third kappa shape index (κ3) is 5.54. The third-order valence-electron chi connectivity index (χ3n) is 6.34. The summed E-state index contributed by atoms with van der Waals surface area (Å²) in [6.07, 6.45) is -2.34. The topological polar surface area (TPSA) is 41.6 Å². The van der Waals surface area contributed by atoms with Crippen LogP contribution in [0.4, 0.5) is 23.9 Å². The predicted octanol–water partition coefficient (Wildman–Crippen LogP) is 7.92. The van der Waals surface area contributed by atoms with Gasteiger partial charge in [0.05, 0.1) is 22.8 Å². The summed E-state index contributed by atoms with van der Waals surface area (Å²) in [6.45, 7) is 3.46. The van der Waals surface area contributed by atoms with Gasteiger partial charge < -0.3 is 15.0 Å². The van der Waals surface area contributed by atoms with Gasteiger partial charge in [-0.15, -0.1) is 23.1 Å². The van der Waals surface area contributed by atoms with Crippen LogP contribution in [0.2, 0.25) is 0 Å². The first-order chi connectivity index (χ1) is 18.2. The molecular weight excluding hydrogens is 529 g/mol. The molecule has 1 N–H and O–H groups in total. The van der Waals surface area contributed by atoms with Crippen molar-refractivity contribution >= 4 is 39.7 Å². The van der Waals surface area contributed by atoms with Crippen molar-refractivity contribution in [2.45, 2.75) is 24.5 Å². The number of hydrogen-bond acceptors (Lipinski definition) is 5. The second kappa shape index (κ2) is 10.7. The summed E-state index contributed by atoms with van der Waals surface area (Å²) in [6, 6.07) is 20.8. The van der Waals surface area contributed by atoms with Gasteiger partial charge in [-0.1, -0.05) is 24.3 Å². The standard InChI is InChI=1S/C29H25F3N2O2S2/c1-18-15-26(38-27(18)20-5-8-22(9-6-20)29(30,31)32)34-13-14-36-25-16-21(7-12-24(25)34)28(35)33-17-19-3-10-23(37-2)11-4-19/h3-12,15-16H,13-14,17H2,1-2H3,(H,33,35). The lowest BCUT2D eigenvalue weighted by atomic mass is 10.1. The van der Waals surface area contributed by atoms with Crippen molar-refractivity contribution in [1.29, 1.82) is 0 Å². The molecule has 196 valence electrons. The van der Waals surface area contributed by atoms with Crippen molar-refractivity contribution in [1.82, 2.24) is 5.32 Å². The Morgan fingerprint density at radius 3 is 2.47 bits per heavy atom. The number of carbonyl (C=O) groups is 1. The van der Waals surface area contributed by atoms with E-state index in [4.69, 9.17) is 4.74 Å². The molecule has 0 radical (unpaired) electrons. The molecule has 3 aromatic carbocycles. The Labute approximate surface area is 227 Å². The van der Waals surface area contributed by atoms with Crippen LogP contribution in [0.1, 0.15) is 27.0 Å². The molecule has 2 heterocycles. The molecule has 0 atom stereocenters. The van der Waals surface area contributed by atoms with Gasteiger partial charge in [0.1, 0.15) is 12.4 Å². The van der Waals surface area contributed by atoms with Crippen LogP contribution in [0.5, 0.6) is 5.75 Å². The van der Waals surface area contributed by atoms with Gasteiger partial charge in [-0.2, -0.15) is 13.2 Å². The van der Waals surface area contributed by atoms with Crippen LogP contribution in [-0.2, 0) is 12.7 Å². The summed E-state index contributed by atoms with van der Waals surface area (Å²) in [7, 11) is 0. The summed E-state index contributed by atoms with van der Waals surface area (Å²) >= 11 is 3.19. The molecule has 1 aliphatic heterocycles. The monoisotopic (exact) mass is 554 g/mol. The number of hydrogen-bond donors (Lipinski definition) is 1. The Hall–Kier alpha value is -3.43. The number of thioether (sulfide) groups is 1. The Kier molecular flexibility index (Phi) is 7.40. The van der Waals surface area contributed by atoms with Gasteiger partial charge in [0.15, 0.2) is 0 Å². The SMILES string of the molecule is CSc1ccc(CNC(=O)c2ccc3c(c2)OCCN3c2cc(C)c(-c3ccc(C(F)(F)F)cc3)s2)cc1. The number of ether oxygens (including phenoxy) is 1. The van der Waals surface area contributed by atoms with Crippen molar-refractivity contribution in [2.24, 2.45) is 0 Å². The number of halogens is 3. The number of rotatable bonds is 6. The van der Waals surface area contributed by atoms with Gasteiger partial charge in [-0.3, -0.25) is 4.79 Å². The molecule has 0 fully saturated rings. The minimum absolute atomic E-state index is 0.181. The number of thiophene rings is 1. The highest BCUT2D eigenvalue weighted by atomic mass is 32.2.